The summed E-state index contributed by atoms with van der Waals surface area (Å²) in [7, 11) is 0. The summed E-state index contributed by atoms with van der Waals surface area (Å²) in [6.45, 7) is 1.05. The molecular formula is C15H17N3O3. The monoisotopic (exact) mass is 287 g/mol. The average Bonchev–Trinajstić information content (AvgIpc) is 2.61. The smallest absolute Gasteiger partial charge is 0.407 e. The van der Waals surface area contributed by atoms with E-state index in [2.05, 4.69) is 0 Å². The highest BCUT2D eigenvalue weighted by atomic mass is 16.4. The van der Waals surface area contributed by atoms with Crippen molar-refractivity contribution in [1.29, 1.82) is 0 Å². The van der Waals surface area contributed by atoms with Gasteiger partial charge in [-0.3, -0.25) is 4.79 Å². The van der Waals surface area contributed by atoms with Crippen LogP contribution in [-0.4, -0.2) is 39.7 Å². The Morgan fingerprint density at radius 2 is 1.90 bits per heavy atom. The SMILES string of the molecule is NC(=O)Cn1c2c(c3ccccc31)CCN(C(=O)O)CC2. The molecule has 0 unspecified atom stereocenters. The maximum Gasteiger partial charge on any atom is 0.407 e. The second-order valence-electron chi connectivity index (χ2n) is 5.26. The number of hydrogen-bond donors (Lipinski definition) is 2. The fourth-order valence-electron chi connectivity index (χ4n) is 3.12. The molecule has 1 aromatic carbocycles. The Kier molecular flexibility index (Phi) is 3.29. The van der Waals surface area contributed by atoms with Crippen molar-refractivity contribution in [1.82, 2.24) is 9.47 Å². The Bertz CT molecular complexity index is 720. The first-order valence-corrected chi connectivity index (χ1v) is 6.93. The van der Waals surface area contributed by atoms with E-state index in [-0.39, 0.29) is 6.54 Å². The lowest BCUT2D eigenvalue weighted by molar-refractivity contribution is -0.118. The molecule has 0 saturated carbocycles. The van der Waals surface area contributed by atoms with Crippen LogP contribution in [0.25, 0.3) is 10.9 Å². The van der Waals surface area contributed by atoms with Crippen molar-refractivity contribution in [3.63, 3.8) is 0 Å². The molecule has 1 aromatic heterocycles. The van der Waals surface area contributed by atoms with Gasteiger partial charge in [-0.2, -0.15) is 0 Å². The molecule has 21 heavy (non-hydrogen) atoms. The Balaban J connectivity index is 2.11. The summed E-state index contributed by atoms with van der Waals surface area (Å²) in [5.41, 5.74) is 8.51. The van der Waals surface area contributed by atoms with E-state index in [9.17, 15) is 9.59 Å². The number of benzene rings is 1. The van der Waals surface area contributed by atoms with E-state index in [4.69, 9.17) is 10.8 Å². The molecule has 3 N–H and O–H groups in total. The number of carbonyl (C=O) groups excluding carboxylic acids is 1. The molecule has 110 valence electrons. The van der Waals surface area contributed by atoms with Gasteiger partial charge in [-0.05, 0) is 18.1 Å². The number of para-hydroxylation sites is 1. The lowest BCUT2D eigenvalue weighted by Gasteiger charge is -2.16. The molecule has 0 bridgehead atoms. The third-order valence-electron chi connectivity index (χ3n) is 4.03. The van der Waals surface area contributed by atoms with Gasteiger partial charge in [0.1, 0.15) is 6.54 Å². The number of carbonyl (C=O) groups is 2. The summed E-state index contributed by atoms with van der Waals surface area (Å²) in [6.07, 6.45) is 0.364. The lowest BCUT2D eigenvalue weighted by atomic mass is 10.1. The van der Waals surface area contributed by atoms with Gasteiger partial charge in [0.05, 0.1) is 0 Å². The van der Waals surface area contributed by atoms with Crippen LogP contribution in [0.5, 0.6) is 0 Å². The molecule has 0 radical (unpaired) electrons. The quantitative estimate of drug-likeness (QED) is 0.870. The van der Waals surface area contributed by atoms with E-state index in [1.54, 1.807) is 0 Å². The zero-order chi connectivity index (χ0) is 15.0. The van der Waals surface area contributed by atoms with Gasteiger partial charge in [0.25, 0.3) is 0 Å². The zero-order valence-corrected chi connectivity index (χ0v) is 11.6. The number of nitrogens with zero attached hydrogens (tertiary/aromatic N) is 2. The van der Waals surface area contributed by atoms with Crippen molar-refractivity contribution in [3.05, 3.63) is 35.5 Å². The standard InChI is InChI=1S/C15H17N3O3/c16-14(19)9-18-12-4-2-1-3-10(12)11-5-7-17(15(20)21)8-6-13(11)18/h1-4H,5-9H2,(H2,16,19)(H,20,21). The third kappa shape index (κ3) is 2.33. The predicted molar refractivity (Wildman–Crippen MR) is 78.1 cm³/mol. The Morgan fingerprint density at radius 1 is 1.19 bits per heavy atom. The van der Waals surface area contributed by atoms with E-state index in [0.717, 1.165) is 22.2 Å². The molecule has 0 saturated heterocycles. The number of primary amides is 1. The van der Waals surface area contributed by atoms with Crippen LogP contribution in [0, 0.1) is 0 Å². The van der Waals surface area contributed by atoms with Crippen LogP contribution in [0.4, 0.5) is 4.79 Å². The van der Waals surface area contributed by atoms with Gasteiger partial charge in [-0.15, -0.1) is 0 Å². The Morgan fingerprint density at radius 3 is 2.62 bits per heavy atom. The summed E-state index contributed by atoms with van der Waals surface area (Å²) < 4.78 is 1.93. The highest BCUT2D eigenvalue weighted by Gasteiger charge is 2.23. The molecule has 0 aliphatic carbocycles. The maximum atomic E-state index is 11.4. The molecule has 6 nitrogen and oxygen atoms in total. The number of fused-ring (bicyclic) bond motifs is 3. The van der Waals surface area contributed by atoms with Crippen LogP contribution in [0.2, 0.25) is 0 Å². The van der Waals surface area contributed by atoms with E-state index < -0.39 is 12.0 Å². The fourth-order valence-corrected chi connectivity index (χ4v) is 3.12. The number of amides is 2. The minimum atomic E-state index is -0.897. The van der Waals surface area contributed by atoms with Gasteiger partial charge in [0.2, 0.25) is 5.91 Å². The normalized spacial score (nSPS) is 14.8. The van der Waals surface area contributed by atoms with Gasteiger partial charge < -0.3 is 20.3 Å². The second-order valence-corrected chi connectivity index (χ2v) is 5.26. The average molecular weight is 287 g/mol. The van der Waals surface area contributed by atoms with Crippen LogP contribution in [0.3, 0.4) is 0 Å². The highest BCUT2D eigenvalue weighted by Crippen LogP contribution is 2.29. The first kappa shape index (κ1) is 13.5. The number of rotatable bonds is 2. The maximum absolute atomic E-state index is 11.4. The molecular weight excluding hydrogens is 270 g/mol. The van der Waals surface area contributed by atoms with Gasteiger partial charge in [0, 0.05) is 36.1 Å². The van der Waals surface area contributed by atoms with Crippen molar-refractivity contribution >= 4 is 22.9 Å². The fraction of sp³-hybridized carbons (Fsp3) is 0.333. The largest absolute Gasteiger partial charge is 0.465 e. The van der Waals surface area contributed by atoms with Crippen LogP contribution >= 0.6 is 0 Å². The lowest BCUT2D eigenvalue weighted by Crippen LogP contribution is -2.32. The second kappa shape index (κ2) is 5.12. The molecule has 0 fully saturated rings. The molecule has 2 heterocycles. The molecule has 1 aliphatic rings. The van der Waals surface area contributed by atoms with Gasteiger partial charge in [0.15, 0.2) is 0 Å². The zero-order valence-electron chi connectivity index (χ0n) is 11.6. The van der Waals surface area contributed by atoms with Crippen molar-refractivity contribution in [2.45, 2.75) is 19.4 Å². The number of carboxylic acid groups (broad SMARTS) is 1. The summed E-state index contributed by atoms with van der Waals surface area (Å²) in [5.74, 6) is -0.391. The van der Waals surface area contributed by atoms with Crippen molar-refractivity contribution in [2.75, 3.05) is 13.1 Å². The summed E-state index contributed by atoms with van der Waals surface area (Å²) in [4.78, 5) is 23.9. The summed E-state index contributed by atoms with van der Waals surface area (Å²) >= 11 is 0. The number of hydrogen-bond acceptors (Lipinski definition) is 2. The van der Waals surface area contributed by atoms with E-state index in [1.165, 1.54) is 4.90 Å². The molecule has 2 amide bonds. The number of aromatic nitrogens is 1. The summed E-state index contributed by atoms with van der Waals surface area (Å²) in [5, 5.41) is 10.2. The van der Waals surface area contributed by atoms with Crippen LogP contribution in [-0.2, 0) is 24.2 Å². The number of nitrogens with two attached hydrogens (primary N) is 1. The molecule has 2 aromatic rings. The van der Waals surface area contributed by atoms with E-state index in [1.807, 2.05) is 28.8 Å². The predicted octanol–water partition coefficient (Wildman–Crippen LogP) is 1.21. The molecule has 1 aliphatic heterocycles. The van der Waals surface area contributed by atoms with E-state index >= 15 is 0 Å². The van der Waals surface area contributed by atoms with Crippen molar-refractivity contribution < 1.29 is 14.7 Å². The van der Waals surface area contributed by atoms with Crippen LogP contribution in [0.1, 0.15) is 11.3 Å². The van der Waals surface area contributed by atoms with Crippen molar-refractivity contribution in [3.8, 4) is 0 Å². The van der Waals surface area contributed by atoms with Gasteiger partial charge in [-0.1, -0.05) is 18.2 Å². The first-order valence-electron chi connectivity index (χ1n) is 6.93. The Labute approximate surface area is 121 Å². The minimum absolute atomic E-state index is 0.128. The molecule has 6 heteroatoms. The van der Waals surface area contributed by atoms with Gasteiger partial charge in [-0.25, -0.2) is 4.79 Å². The topological polar surface area (TPSA) is 88.6 Å². The van der Waals surface area contributed by atoms with Crippen molar-refractivity contribution in [2.24, 2.45) is 5.73 Å². The summed E-state index contributed by atoms with van der Waals surface area (Å²) in [6, 6.07) is 7.88. The Hall–Kier alpha value is -2.50. The van der Waals surface area contributed by atoms with Crippen LogP contribution < -0.4 is 5.73 Å². The highest BCUT2D eigenvalue weighted by molar-refractivity contribution is 5.87. The van der Waals surface area contributed by atoms with E-state index in [0.29, 0.717) is 25.9 Å². The molecule has 0 atom stereocenters. The first-order chi connectivity index (χ1) is 10.1. The molecule has 0 spiro atoms. The minimum Gasteiger partial charge on any atom is -0.465 e. The third-order valence-corrected chi connectivity index (χ3v) is 4.03. The van der Waals surface area contributed by atoms with Crippen LogP contribution in [0.15, 0.2) is 24.3 Å². The molecule has 3 rings (SSSR count). The van der Waals surface area contributed by atoms with Gasteiger partial charge >= 0.3 is 6.09 Å².